The second-order valence-corrected chi connectivity index (χ2v) is 3.23. The number of hydrogen-bond acceptors (Lipinski definition) is 2. The normalized spacial score (nSPS) is 11.8. The number of nitrogens with two attached hydrogens (primary N) is 1. The Hall–Kier alpha value is -1.84. The van der Waals surface area contributed by atoms with Gasteiger partial charge >= 0.3 is 6.03 Å². The molecule has 0 aliphatic carbocycles. The van der Waals surface area contributed by atoms with E-state index in [1.807, 2.05) is 37.3 Å². The molecule has 0 fully saturated rings. The highest BCUT2D eigenvalue weighted by Gasteiger charge is 2.19. The van der Waals surface area contributed by atoms with E-state index in [1.165, 1.54) is 0 Å². The summed E-state index contributed by atoms with van der Waals surface area (Å²) in [5, 5.41) is 2.09. The minimum atomic E-state index is -0.811. The average Bonchev–Trinajstić information content (AvgIpc) is 2.19. The second-order valence-electron chi connectivity index (χ2n) is 3.23. The van der Waals surface area contributed by atoms with Crippen LogP contribution in [0.25, 0.3) is 0 Å². The molecule has 3 amide bonds. The molecule has 0 radical (unpaired) electrons. The van der Waals surface area contributed by atoms with Gasteiger partial charge in [-0.05, 0) is 12.0 Å². The minimum Gasteiger partial charge on any atom is -0.351 e. The fraction of sp³-hybridized carbons (Fsp3) is 0.273. The van der Waals surface area contributed by atoms with Crippen molar-refractivity contribution in [2.45, 2.75) is 19.3 Å². The summed E-state index contributed by atoms with van der Waals surface area (Å²) < 4.78 is 0. The summed E-state index contributed by atoms with van der Waals surface area (Å²) in [5.41, 5.74) is 5.78. The Morgan fingerprint density at radius 3 is 2.40 bits per heavy atom. The first-order chi connectivity index (χ1) is 7.15. The van der Waals surface area contributed by atoms with Crippen LogP contribution in [0.15, 0.2) is 30.3 Å². The van der Waals surface area contributed by atoms with E-state index in [1.54, 1.807) is 0 Å². The van der Waals surface area contributed by atoms with Gasteiger partial charge in [0.2, 0.25) is 5.91 Å². The molecule has 4 heteroatoms. The fourth-order valence-electron chi connectivity index (χ4n) is 1.47. The van der Waals surface area contributed by atoms with Crippen LogP contribution in [0.1, 0.15) is 24.8 Å². The smallest absolute Gasteiger partial charge is 0.318 e. The molecule has 0 saturated heterocycles. The fourth-order valence-corrected chi connectivity index (χ4v) is 1.47. The van der Waals surface area contributed by atoms with E-state index < -0.39 is 6.03 Å². The van der Waals surface area contributed by atoms with Crippen molar-refractivity contribution in [3.05, 3.63) is 35.9 Å². The van der Waals surface area contributed by atoms with Gasteiger partial charge in [0, 0.05) is 0 Å². The molecular weight excluding hydrogens is 192 g/mol. The summed E-state index contributed by atoms with van der Waals surface area (Å²) in [6, 6.07) is 8.49. The average molecular weight is 206 g/mol. The number of primary amides is 1. The van der Waals surface area contributed by atoms with Gasteiger partial charge in [-0.25, -0.2) is 4.79 Å². The van der Waals surface area contributed by atoms with Crippen molar-refractivity contribution in [2.75, 3.05) is 0 Å². The summed E-state index contributed by atoms with van der Waals surface area (Å²) in [4.78, 5) is 22.1. The zero-order valence-corrected chi connectivity index (χ0v) is 8.57. The van der Waals surface area contributed by atoms with Crippen molar-refractivity contribution >= 4 is 11.9 Å². The van der Waals surface area contributed by atoms with Crippen LogP contribution in [0, 0.1) is 0 Å². The minimum absolute atomic E-state index is 0.321. The molecule has 0 aliphatic rings. The molecule has 0 unspecified atom stereocenters. The SMILES string of the molecule is CC[C@H](C(=O)NC(N)=O)c1ccccc1. The number of imide groups is 1. The molecule has 0 heterocycles. The Morgan fingerprint density at radius 1 is 1.33 bits per heavy atom. The quantitative estimate of drug-likeness (QED) is 0.784. The Balaban J connectivity index is 2.80. The van der Waals surface area contributed by atoms with E-state index in [-0.39, 0.29) is 11.8 Å². The van der Waals surface area contributed by atoms with Crippen molar-refractivity contribution < 1.29 is 9.59 Å². The van der Waals surface area contributed by atoms with E-state index in [4.69, 9.17) is 5.73 Å². The Morgan fingerprint density at radius 2 is 1.93 bits per heavy atom. The first kappa shape index (κ1) is 11.2. The summed E-state index contributed by atoms with van der Waals surface area (Å²) in [5.74, 6) is -0.671. The lowest BCUT2D eigenvalue weighted by atomic mass is 9.96. The Kier molecular flexibility index (Phi) is 3.85. The molecule has 80 valence electrons. The maximum absolute atomic E-state index is 11.6. The van der Waals surface area contributed by atoms with E-state index in [2.05, 4.69) is 5.32 Å². The molecule has 3 N–H and O–H groups in total. The van der Waals surface area contributed by atoms with E-state index in [9.17, 15) is 9.59 Å². The van der Waals surface area contributed by atoms with E-state index in [0.29, 0.717) is 6.42 Å². The van der Waals surface area contributed by atoms with Crippen molar-refractivity contribution in [1.29, 1.82) is 0 Å². The first-order valence-electron chi connectivity index (χ1n) is 4.80. The van der Waals surface area contributed by atoms with Gasteiger partial charge in [0.1, 0.15) is 0 Å². The lowest BCUT2D eigenvalue weighted by molar-refractivity contribution is -0.121. The van der Waals surface area contributed by atoms with Gasteiger partial charge in [-0.1, -0.05) is 37.3 Å². The van der Waals surface area contributed by atoms with Gasteiger partial charge in [-0.2, -0.15) is 0 Å². The van der Waals surface area contributed by atoms with Crippen molar-refractivity contribution in [1.82, 2.24) is 5.32 Å². The highest BCUT2D eigenvalue weighted by atomic mass is 16.2. The topological polar surface area (TPSA) is 72.2 Å². The number of amides is 3. The van der Waals surface area contributed by atoms with Gasteiger partial charge in [0.25, 0.3) is 0 Å². The standard InChI is InChI=1S/C11H14N2O2/c1-2-9(10(14)13-11(12)15)8-6-4-3-5-7-8/h3-7,9H,2H2,1H3,(H3,12,13,14,15)/t9-/m0/s1. The van der Waals surface area contributed by atoms with Crippen LogP contribution in [0.5, 0.6) is 0 Å². The number of rotatable bonds is 3. The van der Waals surface area contributed by atoms with Gasteiger partial charge in [-0.3, -0.25) is 10.1 Å². The van der Waals surface area contributed by atoms with Crippen LogP contribution in [0.4, 0.5) is 4.79 Å². The monoisotopic (exact) mass is 206 g/mol. The molecule has 0 saturated carbocycles. The van der Waals surface area contributed by atoms with Gasteiger partial charge in [0.15, 0.2) is 0 Å². The first-order valence-corrected chi connectivity index (χ1v) is 4.80. The number of hydrogen-bond donors (Lipinski definition) is 2. The highest BCUT2D eigenvalue weighted by Crippen LogP contribution is 2.18. The molecule has 1 atom stereocenters. The third kappa shape index (κ3) is 3.09. The lowest BCUT2D eigenvalue weighted by Crippen LogP contribution is -2.38. The molecule has 15 heavy (non-hydrogen) atoms. The largest absolute Gasteiger partial charge is 0.351 e. The maximum Gasteiger partial charge on any atom is 0.318 e. The third-order valence-electron chi connectivity index (χ3n) is 2.17. The molecule has 1 rings (SSSR count). The Bertz CT molecular complexity index is 349. The highest BCUT2D eigenvalue weighted by molar-refractivity contribution is 5.96. The van der Waals surface area contributed by atoms with Crippen LogP contribution in [-0.2, 0) is 4.79 Å². The van der Waals surface area contributed by atoms with Crippen LogP contribution < -0.4 is 11.1 Å². The van der Waals surface area contributed by atoms with Crippen LogP contribution in [-0.4, -0.2) is 11.9 Å². The van der Waals surface area contributed by atoms with E-state index >= 15 is 0 Å². The van der Waals surface area contributed by atoms with E-state index in [0.717, 1.165) is 5.56 Å². The van der Waals surface area contributed by atoms with Gasteiger partial charge in [-0.15, -0.1) is 0 Å². The summed E-state index contributed by atoms with van der Waals surface area (Å²) in [6.45, 7) is 1.89. The summed E-state index contributed by atoms with van der Waals surface area (Å²) in [6.07, 6.45) is 0.628. The molecular formula is C11H14N2O2. The number of benzene rings is 1. The van der Waals surface area contributed by atoms with Crippen LogP contribution in [0.3, 0.4) is 0 Å². The number of carbonyl (C=O) groups is 2. The molecule has 1 aromatic rings. The number of nitrogens with one attached hydrogen (secondary N) is 1. The second kappa shape index (κ2) is 5.14. The molecule has 0 bridgehead atoms. The van der Waals surface area contributed by atoms with Gasteiger partial charge in [0.05, 0.1) is 5.92 Å². The van der Waals surface area contributed by atoms with Crippen molar-refractivity contribution in [3.63, 3.8) is 0 Å². The molecule has 4 nitrogen and oxygen atoms in total. The molecule has 0 aliphatic heterocycles. The number of urea groups is 1. The molecule has 1 aromatic carbocycles. The Labute approximate surface area is 88.5 Å². The number of carbonyl (C=O) groups excluding carboxylic acids is 2. The molecule has 0 spiro atoms. The zero-order valence-electron chi connectivity index (χ0n) is 8.57. The van der Waals surface area contributed by atoms with Crippen LogP contribution in [0.2, 0.25) is 0 Å². The summed E-state index contributed by atoms with van der Waals surface area (Å²) >= 11 is 0. The zero-order chi connectivity index (χ0) is 11.3. The van der Waals surface area contributed by atoms with Crippen LogP contribution >= 0.6 is 0 Å². The van der Waals surface area contributed by atoms with Gasteiger partial charge < -0.3 is 5.73 Å². The van der Waals surface area contributed by atoms with Crippen molar-refractivity contribution in [3.8, 4) is 0 Å². The summed E-state index contributed by atoms with van der Waals surface area (Å²) in [7, 11) is 0. The molecule has 0 aromatic heterocycles. The third-order valence-corrected chi connectivity index (χ3v) is 2.17. The lowest BCUT2D eigenvalue weighted by Gasteiger charge is -2.13. The maximum atomic E-state index is 11.6. The van der Waals surface area contributed by atoms with Crippen molar-refractivity contribution in [2.24, 2.45) is 5.73 Å². The predicted octanol–water partition coefficient (Wildman–Crippen LogP) is 1.38. The predicted molar refractivity (Wildman–Crippen MR) is 57.2 cm³/mol.